The van der Waals surface area contributed by atoms with Gasteiger partial charge in [0.15, 0.2) is 0 Å². The molecule has 0 aromatic heterocycles. The van der Waals surface area contributed by atoms with E-state index in [-0.39, 0.29) is 18.3 Å². The molecule has 1 saturated heterocycles. The maximum atomic E-state index is 11.0. The molecule has 98 valence electrons. The van der Waals surface area contributed by atoms with Gasteiger partial charge in [-0.1, -0.05) is 6.07 Å². The largest absolute Gasteiger partial charge is 0.392 e. The molecule has 1 atom stereocenters. The van der Waals surface area contributed by atoms with Crippen molar-refractivity contribution < 1.29 is 10.0 Å². The summed E-state index contributed by atoms with van der Waals surface area (Å²) in [6, 6.07) is 5.00. The molecule has 0 aliphatic carbocycles. The highest BCUT2D eigenvalue weighted by Crippen LogP contribution is 2.27. The summed E-state index contributed by atoms with van der Waals surface area (Å²) in [5.41, 5.74) is 1.09. The lowest BCUT2D eigenvalue weighted by Crippen LogP contribution is -2.38. The highest BCUT2D eigenvalue weighted by atomic mass is 16.6. The van der Waals surface area contributed by atoms with Crippen LogP contribution in [0.4, 0.5) is 11.4 Å². The second-order valence-corrected chi connectivity index (χ2v) is 4.45. The lowest BCUT2D eigenvalue weighted by Gasteiger charge is -2.24. The number of nitro benzene ring substituents is 1. The number of hydrogen-bond donors (Lipinski definition) is 3. The third-order valence-corrected chi connectivity index (χ3v) is 3.10. The van der Waals surface area contributed by atoms with Crippen molar-refractivity contribution in [3.8, 4) is 0 Å². The molecular weight excluding hydrogens is 234 g/mol. The smallest absolute Gasteiger partial charge is 0.292 e. The average molecular weight is 251 g/mol. The first kappa shape index (κ1) is 12.8. The van der Waals surface area contributed by atoms with Crippen molar-refractivity contribution in [1.29, 1.82) is 0 Å². The zero-order chi connectivity index (χ0) is 13.0. The molecule has 3 N–H and O–H groups in total. The minimum absolute atomic E-state index is 0.0205. The first-order valence-electron chi connectivity index (χ1n) is 6.06. The lowest BCUT2D eigenvalue weighted by molar-refractivity contribution is -0.384. The Bertz CT molecular complexity index is 431. The Morgan fingerprint density at radius 1 is 1.56 bits per heavy atom. The molecule has 1 fully saturated rings. The van der Waals surface area contributed by atoms with Crippen molar-refractivity contribution in [2.45, 2.75) is 25.5 Å². The number of nitro groups is 1. The van der Waals surface area contributed by atoms with Crippen molar-refractivity contribution in [2.75, 3.05) is 18.4 Å². The number of nitrogens with one attached hydrogen (secondary N) is 2. The van der Waals surface area contributed by atoms with E-state index in [1.54, 1.807) is 12.1 Å². The van der Waals surface area contributed by atoms with Gasteiger partial charge in [-0.15, -0.1) is 0 Å². The van der Waals surface area contributed by atoms with Crippen LogP contribution in [0.5, 0.6) is 0 Å². The topological polar surface area (TPSA) is 87.4 Å². The van der Waals surface area contributed by atoms with Crippen molar-refractivity contribution in [1.82, 2.24) is 5.32 Å². The maximum absolute atomic E-state index is 11.0. The molecule has 0 spiro atoms. The fourth-order valence-electron chi connectivity index (χ4n) is 2.14. The molecule has 2 rings (SSSR count). The Kier molecular flexibility index (Phi) is 4.11. The number of benzene rings is 1. The van der Waals surface area contributed by atoms with Crippen molar-refractivity contribution in [2.24, 2.45) is 0 Å². The van der Waals surface area contributed by atoms with Gasteiger partial charge in [-0.25, -0.2) is 0 Å². The fraction of sp³-hybridized carbons (Fsp3) is 0.500. The maximum Gasteiger partial charge on any atom is 0.292 e. The predicted molar refractivity (Wildman–Crippen MR) is 68.5 cm³/mol. The normalized spacial score (nSPS) is 19.5. The molecule has 0 amide bonds. The van der Waals surface area contributed by atoms with Gasteiger partial charge in [-0.3, -0.25) is 10.1 Å². The van der Waals surface area contributed by atoms with Crippen LogP contribution in [-0.4, -0.2) is 29.2 Å². The van der Waals surface area contributed by atoms with Crippen molar-refractivity contribution >= 4 is 11.4 Å². The van der Waals surface area contributed by atoms with Gasteiger partial charge >= 0.3 is 0 Å². The van der Waals surface area contributed by atoms with Crippen LogP contribution in [0.1, 0.15) is 18.4 Å². The van der Waals surface area contributed by atoms with Crippen LogP contribution in [0, 0.1) is 10.1 Å². The first-order chi connectivity index (χ1) is 8.70. The van der Waals surface area contributed by atoms with Gasteiger partial charge in [0.2, 0.25) is 0 Å². The Morgan fingerprint density at radius 3 is 3.00 bits per heavy atom. The first-order valence-corrected chi connectivity index (χ1v) is 6.06. The van der Waals surface area contributed by atoms with E-state index < -0.39 is 4.92 Å². The number of nitrogens with zero attached hydrogens (tertiary/aromatic N) is 1. The van der Waals surface area contributed by atoms with Crippen LogP contribution in [0.15, 0.2) is 18.2 Å². The number of rotatable bonds is 4. The molecule has 1 aromatic carbocycles. The van der Waals surface area contributed by atoms with Gasteiger partial charge < -0.3 is 15.7 Å². The summed E-state index contributed by atoms with van der Waals surface area (Å²) < 4.78 is 0. The van der Waals surface area contributed by atoms with Crippen LogP contribution >= 0.6 is 0 Å². The summed E-state index contributed by atoms with van der Waals surface area (Å²) in [6.07, 6.45) is 2.08. The van der Waals surface area contributed by atoms with Crippen molar-refractivity contribution in [3.63, 3.8) is 0 Å². The van der Waals surface area contributed by atoms with Gasteiger partial charge in [0.1, 0.15) is 5.69 Å². The van der Waals surface area contributed by atoms with Gasteiger partial charge in [-0.05, 0) is 31.0 Å². The zero-order valence-electron chi connectivity index (χ0n) is 10.1. The minimum Gasteiger partial charge on any atom is -0.392 e. The van der Waals surface area contributed by atoms with E-state index in [0.717, 1.165) is 25.9 Å². The summed E-state index contributed by atoms with van der Waals surface area (Å²) in [5.74, 6) is 0. The number of hydrogen-bond acceptors (Lipinski definition) is 5. The summed E-state index contributed by atoms with van der Waals surface area (Å²) in [6.45, 7) is 1.63. The van der Waals surface area contributed by atoms with E-state index in [9.17, 15) is 10.1 Å². The third-order valence-electron chi connectivity index (χ3n) is 3.10. The van der Waals surface area contributed by atoms with E-state index in [4.69, 9.17) is 5.11 Å². The van der Waals surface area contributed by atoms with E-state index in [1.807, 2.05) is 0 Å². The quantitative estimate of drug-likeness (QED) is 0.553. The zero-order valence-corrected chi connectivity index (χ0v) is 10.1. The molecule has 6 nitrogen and oxygen atoms in total. The van der Waals surface area contributed by atoms with Gasteiger partial charge in [0.25, 0.3) is 5.69 Å². The second-order valence-electron chi connectivity index (χ2n) is 4.45. The minimum atomic E-state index is -0.419. The monoisotopic (exact) mass is 251 g/mol. The van der Waals surface area contributed by atoms with Crippen LogP contribution in [0.25, 0.3) is 0 Å². The molecule has 0 bridgehead atoms. The third kappa shape index (κ3) is 2.96. The number of piperidine rings is 1. The molecule has 1 aliphatic heterocycles. The Hall–Kier alpha value is -1.66. The molecule has 1 aromatic rings. The molecule has 6 heteroatoms. The van der Waals surface area contributed by atoms with E-state index >= 15 is 0 Å². The number of anilines is 1. The standard InChI is InChI=1S/C12H17N3O3/c16-8-9-3-4-11(12(6-9)15(17)18)14-10-2-1-5-13-7-10/h3-4,6,10,13-14,16H,1-2,5,7-8H2. The van der Waals surface area contributed by atoms with E-state index in [2.05, 4.69) is 10.6 Å². The molecule has 1 heterocycles. The molecule has 0 radical (unpaired) electrons. The second kappa shape index (κ2) is 5.79. The van der Waals surface area contributed by atoms with Crippen LogP contribution in [-0.2, 0) is 6.61 Å². The number of aliphatic hydroxyl groups is 1. The lowest BCUT2D eigenvalue weighted by atomic mass is 10.1. The number of aliphatic hydroxyl groups excluding tert-OH is 1. The Balaban J connectivity index is 2.17. The average Bonchev–Trinajstić information content (AvgIpc) is 2.40. The van der Waals surface area contributed by atoms with Gasteiger partial charge in [0, 0.05) is 18.7 Å². The Morgan fingerprint density at radius 2 is 2.39 bits per heavy atom. The summed E-state index contributed by atoms with van der Waals surface area (Å²) in [7, 11) is 0. The van der Waals surface area contributed by atoms with E-state index in [0.29, 0.717) is 11.3 Å². The molecule has 0 saturated carbocycles. The molecular formula is C12H17N3O3. The van der Waals surface area contributed by atoms with Gasteiger partial charge in [-0.2, -0.15) is 0 Å². The molecule has 1 unspecified atom stereocenters. The predicted octanol–water partition coefficient (Wildman–Crippen LogP) is 1.25. The summed E-state index contributed by atoms with van der Waals surface area (Å²) in [4.78, 5) is 10.6. The highest BCUT2D eigenvalue weighted by molar-refractivity contribution is 5.63. The fourth-order valence-corrected chi connectivity index (χ4v) is 2.14. The van der Waals surface area contributed by atoms with Crippen LogP contribution < -0.4 is 10.6 Å². The highest BCUT2D eigenvalue weighted by Gasteiger charge is 2.19. The molecule has 18 heavy (non-hydrogen) atoms. The Labute approximate surface area is 105 Å². The molecule has 1 aliphatic rings. The van der Waals surface area contributed by atoms with E-state index in [1.165, 1.54) is 6.07 Å². The summed E-state index contributed by atoms with van der Waals surface area (Å²) in [5, 5.41) is 26.5. The van der Waals surface area contributed by atoms with Crippen LogP contribution in [0.3, 0.4) is 0 Å². The summed E-state index contributed by atoms with van der Waals surface area (Å²) >= 11 is 0. The SMILES string of the molecule is O=[N+]([O-])c1cc(CO)ccc1NC1CCCNC1. The van der Waals surface area contributed by atoms with Crippen molar-refractivity contribution in [3.05, 3.63) is 33.9 Å². The van der Waals surface area contributed by atoms with Crippen LogP contribution in [0.2, 0.25) is 0 Å². The van der Waals surface area contributed by atoms with Gasteiger partial charge in [0.05, 0.1) is 11.5 Å².